The van der Waals surface area contributed by atoms with Crippen molar-refractivity contribution in [3.8, 4) is 5.75 Å². The summed E-state index contributed by atoms with van der Waals surface area (Å²) < 4.78 is 12.1. The quantitative estimate of drug-likeness (QED) is 0.461. The summed E-state index contributed by atoms with van der Waals surface area (Å²) in [5, 5.41) is 6.70. The molecule has 2 aromatic heterocycles. The van der Waals surface area contributed by atoms with Crippen LogP contribution in [-0.4, -0.2) is 38.1 Å². The molecule has 0 aliphatic carbocycles. The largest absolute Gasteiger partial charge is 0.489 e. The summed E-state index contributed by atoms with van der Waals surface area (Å²) >= 11 is 0. The lowest BCUT2D eigenvalue weighted by molar-refractivity contribution is -0.119. The maximum absolute atomic E-state index is 12.1. The molecule has 0 unspecified atom stereocenters. The predicted molar refractivity (Wildman–Crippen MR) is 112 cm³/mol. The number of fused-ring (bicyclic) bond motifs is 1. The van der Waals surface area contributed by atoms with E-state index in [-0.39, 0.29) is 11.6 Å². The highest BCUT2D eigenvalue weighted by molar-refractivity contribution is 5.94. The molecule has 0 bridgehead atoms. The number of amides is 1. The number of benzene rings is 2. The summed E-state index contributed by atoms with van der Waals surface area (Å²) in [6, 6.07) is 18.5. The van der Waals surface area contributed by atoms with Crippen molar-refractivity contribution in [2.24, 2.45) is 0 Å². The van der Waals surface area contributed by atoms with Crippen molar-refractivity contribution in [2.75, 3.05) is 11.9 Å². The molecule has 0 fully saturated rings. The van der Waals surface area contributed by atoms with Crippen molar-refractivity contribution in [2.45, 2.75) is 13.5 Å². The van der Waals surface area contributed by atoms with Crippen molar-refractivity contribution in [1.29, 1.82) is 0 Å². The topological polar surface area (TPSA) is 108 Å². The van der Waals surface area contributed by atoms with Gasteiger partial charge in [0.1, 0.15) is 12.4 Å². The molecule has 2 heterocycles. The van der Waals surface area contributed by atoms with E-state index in [0.29, 0.717) is 18.0 Å². The SMILES string of the molecule is Cc1ccnc2nc(C(=O)OCC(=O)Nc3ccc(OCc4ccccc4)cc3)nn12. The Balaban J connectivity index is 1.27. The third kappa shape index (κ3) is 5.02. The van der Waals surface area contributed by atoms with E-state index in [1.165, 1.54) is 4.52 Å². The minimum atomic E-state index is -0.801. The van der Waals surface area contributed by atoms with Gasteiger partial charge >= 0.3 is 5.97 Å². The molecule has 4 rings (SSSR count). The zero-order chi connectivity index (χ0) is 21.6. The number of ether oxygens (including phenoxy) is 2. The molecule has 0 atom stereocenters. The number of hydrogen-bond acceptors (Lipinski definition) is 7. The smallest absolute Gasteiger partial charge is 0.378 e. The van der Waals surface area contributed by atoms with Crippen LogP contribution >= 0.6 is 0 Å². The molecule has 1 N–H and O–H groups in total. The van der Waals surface area contributed by atoms with E-state index in [1.54, 1.807) is 36.5 Å². The van der Waals surface area contributed by atoms with Crippen molar-refractivity contribution in [3.05, 3.63) is 83.9 Å². The van der Waals surface area contributed by atoms with E-state index in [2.05, 4.69) is 20.4 Å². The van der Waals surface area contributed by atoms with Gasteiger partial charge in [-0.05, 0) is 42.8 Å². The first-order valence-electron chi connectivity index (χ1n) is 9.50. The van der Waals surface area contributed by atoms with E-state index in [9.17, 15) is 9.59 Å². The second-order valence-corrected chi connectivity index (χ2v) is 6.66. The normalized spacial score (nSPS) is 10.6. The summed E-state index contributed by atoms with van der Waals surface area (Å²) in [6.07, 6.45) is 1.57. The molecular formula is C22H19N5O4. The lowest BCUT2D eigenvalue weighted by Crippen LogP contribution is -2.21. The molecule has 4 aromatic rings. The Morgan fingerprint density at radius 3 is 2.55 bits per heavy atom. The van der Waals surface area contributed by atoms with Crippen molar-refractivity contribution in [1.82, 2.24) is 19.6 Å². The number of aryl methyl sites for hydroxylation is 1. The van der Waals surface area contributed by atoms with Crippen LogP contribution in [0.15, 0.2) is 66.9 Å². The fraction of sp³-hybridized carbons (Fsp3) is 0.136. The summed E-state index contributed by atoms with van der Waals surface area (Å²) in [5.41, 5.74) is 2.39. The number of nitrogens with one attached hydrogen (secondary N) is 1. The molecule has 0 radical (unpaired) electrons. The van der Waals surface area contributed by atoms with E-state index in [0.717, 1.165) is 11.3 Å². The van der Waals surface area contributed by atoms with Crippen LogP contribution < -0.4 is 10.1 Å². The number of nitrogens with zero attached hydrogens (tertiary/aromatic N) is 4. The zero-order valence-corrected chi connectivity index (χ0v) is 16.7. The fourth-order valence-electron chi connectivity index (χ4n) is 2.76. The Kier molecular flexibility index (Phi) is 5.84. The number of carbonyl (C=O) groups is 2. The minimum absolute atomic E-state index is 0.158. The molecule has 9 nitrogen and oxygen atoms in total. The Morgan fingerprint density at radius 2 is 1.81 bits per heavy atom. The molecule has 31 heavy (non-hydrogen) atoms. The lowest BCUT2D eigenvalue weighted by atomic mass is 10.2. The van der Waals surface area contributed by atoms with E-state index < -0.39 is 18.5 Å². The molecule has 0 spiro atoms. The van der Waals surface area contributed by atoms with Gasteiger partial charge in [0, 0.05) is 17.6 Å². The lowest BCUT2D eigenvalue weighted by Gasteiger charge is -2.08. The number of aromatic nitrogens is 4. The molecule has 156 valence electrons. The van der Waals surface area contributed by atoms with E-state index in [1.807, 2.05) is 37.3 Å². The Morgan fingerprint density at radius 1 is 1.03 bits per heavy atom. The van der Waals surface area contributed by atoms with Crippen LogP contribution in [0.5, 0.6) is 5.75 Å². The molecule has 1 amide bonds. The molecule has 9 heteroatoms. The minimum Gasteiger partial charge on any atom is -0.489 e. The number of hydrogen-bond donors (Lipinski definition) is 1. The highest BCUT2D eigenvalue weighted by Crippen LogP contribution is 2.17. The van der Waals surface area contributed by atoms with Crippen LogP contribution in [0.2, 0.25) is 0 Å². The number of esters is 1. The molecule has 2 aromatic carbocycles. The van der Waals surface area contributed by atoms with Crippen LogP contribution in [-0.2, 0) is 16.1 Å². The van der Waals surface area contributed by atoms with Crippen LogP contribution in [0.4, 0.5) is 5.69 Å². The summed E-state index contributed by atoms with van der Waals surface area (Å²) in [6.45, 7) is 1.80. The number of carbonyl (C=O) groups excluding carboxylic acids is 2. The predicted octanol–water partition coefficient (Wildman–Crippen LogP) is 2.81. The highest BCUT2D eigenvalue weighted by Gasteiger charge is 2.17. The number of anilines is 1. The van der Waals surface area contributed by atoms with Crippen molar-refractivity contribution >= 4 is 23.3 Å². The fourth-order valence-corrected chi connectivity index (χ4v) is 2.76. The van der Waals surface area contributed by atoms with Gasteiger partial charge in [0.25, 0.3) is 17.5 Å². The molecule has 0 saturated heterocycles. The Labute approximate surface area is 177 Å². The first-order chi connectivity index (χ1) is 15.1. The van der Waals surface area contributed by atoms with Gasteiger partial charge in [-0.1, -0.05) is 30.3 Å². The van der Waals surface area contributed by atoms with Gasteiger partial charge < -0.3 is 14.8 Å². The van der Waals surface area contributed by atoms with Gasteiger partial charge in [-0.25, -0.2) is 14.3 Å². The summed E-state index contributed by atoms with van der Waals surface area (Å²) in [4.78, 5) is 32.3. The standard InChI is InChI=1S/C22H19N5O4/c1-15-11-12-23-22-25-20(26-27(15)22)21(29)31-14-19(28)24-17-7-9-18(10-8-17)30-13-16-5-3-2-4-6-16/h2-12H,13-14H2,1H3,(H,24,28). The van der Waals surface area contributed by atoms with Gasteiger partial charge in [-0.15, -0.1) is 5.10 Å². The van der Waals surface area contributed by atoms with Crippen LogP contribution in [0, 0.1) is 6.92 Å². The van der Waals surface area contributed by atoms with Gasteiger partial charge in [-0.2, -0.15) is 4.98 Å². The van der Waals surface area contributed by atoms with E-state index in [4.69, 9.17) is 9.47 Å². The third-order valence-electron chi connectivity index (χ3n) is 4.33. The highest BCUT2D eigenvalue weighted by atomic mass is 16.5. The van der Waals surface area contributed by atoms with Gasteiger partial charge in [0.2, 0.25) is 0 Å². The first-order valence-corrected chi connectivity index (χ1v) is 9.50. The second kappa shape index (κ2) is 9.04. The first kappa shape index (κ1) is 20.0. The van der Waals surface area contributed by atoms with Crippen molar-refractivity contribution in [3.63, 3.8) is 0 Å². The summed E-state index contributed by atoms with van der Waals surface area (Å²) in [5.74, 6) is -0.482. The third-order valence-corrected chi connectivity index (χ3v) is 4.33. The van der Waals surface area contributed by atoms with Crippen LogP contribution in [0.25, 0.3) is 5.78 Å². The molecular weight excluding hydrogens is 398 g/mol. The maximum atomic E-state index is 12.1. The zero-order valence-electron chi connectivity index (χ0n) is 16.7. The average Bonchev–Trinajstić information content (AvgIpc) is 3.24. The van der Waals surface area contributed by atoms with Crippen LogP contribution in [0.3, 0.4) is 0 Å². The van der Waals surface area contributed by atoms with E-state index >= 15 is 0 Å². The number of rotatable bonds is 7. The maximum Gasteiger partial charge on any atom is 0.378 e. The van der Waals surface area contributed by atoms with Crippen molar-refractivity contribution < 1.29 is 19.1 Å². The Bertz CT molecular complexity index is 1210. The van der Waals surface area contributed by atoms with Gasteiger partial charge in [0.05, 0.1) is 0 Å². The molecule has 0 aliphatic heterocycles. The van der Waals surface area contributed by atoms with Crippen LogP contribution in [0.1, 0.15) is 21.9 Å². The molecule has 0 saturated carbocycles. The monoisotopic (exact) mass is 417 g/mol. The second-order valence-electron chi connectivity index (χ2n) is 6.66. The van der Waals surface area contributed by atoms with Gasteiger partial charge in [0.15, 0.2) is 6.61 Å². The average molecular weight is 417 g/mol. The molecule has 0 aliphatic rings. The Hall–Kier alpha value is -4.27. The summed E-state index contributed by atoms with van der Waals surface area (Å²) in [7, 11) is 0. The van der Waals surface area contributed by atoms with Gasteiger partial charge in [-0.3, -0.25) is 4.79 Å².